The van der Waals surface area contributed by atoms with E-state index in [2.05, 4.69) is 0 Å². The van der Waals surface area contributed by atoms with Crippen molar-refractivity contribution in [3.63, 3.8) is 0 Å². The van der Waals surface area contributed by atoms with Crippen molar-refractivity contribution in [3.8, 4) is 5.75 Å². The van der Waals surface area contributed by atoms with Gasteiger partial charge >= 0.3 is 5.63 Å². The van der Waals surface area contributed by atoms with Gasteiger partial charge in [-0.3, -0.25) is 4.79 Å². The average Bonchev–Trinajstić information content (AvgIpc) is 2.19. The summed E-state index contributed by atoms with van der Waals surface area (Å²) in [6, 6.07) is 3.84. The summed E-state index contributed by atoms with van der Waals surface area (Å²) in [5, 5.41) is 8.90. The summed E-state index contributed by atoms with van der Waals surface area (Å²) in [5.41, 5.74) is -0.987. The minimum absolute atomic E-state index is 0.0920. The Balaban J connectivity index is 2.85. The Hall–Kier alpha value is -1.52. The third kappa shape index (κ3) is 1.77. The van der Waals surface area contributed by atoms with E-state index in [1.54, 1.807) is 0 Å². The van der Waals surface area contributed by atoms with Crippen LogP contribution in [0.4, 0.5) is 0 Å². The number of hydrogen-bond acceptors (Lipinski definition) is 4. The second kappa shape index (κ2) is 3.81. The number of carbonyl (C=O) groups excluding carboxylic acids is 1. The number of halogens is 2. The number of rotatable bonds is 1. The molecule has 2 aromatic rings. The van der Waals surface area contributed by atoms with Crippen LogP contribution in [-0.2, 0) is 0 Å². The molecule has 1 aromatic carbocycles. The Bertz CT molecular complexity index is 645. The van der Waals surface area contributed by atoms with Gasteiger partial charge in [0.1, 0.15) is 16.9 Å². The molecule has 0 fully saturated rings. The van der Waals surface area contributed by atoms with E-state index in [0.29, 0.717) is 5.39 Å². The first-order valence-corrected chi connectivity index (χ1v) is 4.91. The van der Waals surface area contributed by atoms with Gasteiger partial charge < -0.3 is 9.52 Å². The van der Waals surface area contributed by atoms with Crippen LogP contribution >= 0.6 is 23.2 Å². The minimum Gasteiger partial charge on any atom is -0.506 e. The van der Waals surface area contributed by atoms with Crippen LogP contribution in [0, 0.1) is 0 Å². The van der Waals surface area contributed by atoms with Crippen LogP contribution in [0.15, 0.2) is 27.4 Å². The molecule has 16 heavy (non-hydrogen) atoms. The largest absolute Gasteiger partial charge is 0.506 e. The van der Waals surface area contributed by atoms with Crippen LogP contribution in [0.25, 0.3) is 11.0 Å². The number of phenolic OH excluding ortho intramolecular Hbond substituents is 1. The molecular weight excluding hydrogens is 255 g/mol. The van der Waals surface area contributed by atoms with Crippen molar-refractivity contribution < 1.29 is 14.3 Å². The van der Waals surface area contributed by atoms with Crippen LogP contribution in [0.2, 0.25) is 5.02 Å². The van der Waals surface area contributed by atoms with E-state index in [4.69, 9.17) is 27.6 Å². The molecule has 82 valence electrons. The van der Waals surface area contributed by atoms with Gasteiger partial charge in [0.05, 0.1) is 5.02 Å². The molecule has 0 spiro atoms. The Kier molecular flexibility index (Phi) is 2.61. The standard InChI is InChI=1S/C10H4Cl2O4/c11-6-2-4-1-5(9(12)14)10(15)16-8(4)3-7(6)13/h1-3,13H. The SMILES string of the molecule is O=C(Cl)c1cc2cc(Cl)c(O)cc2oc1=O. The van der Waals surface area contributed by atoms with Crippen molar-refractivity contribution in [2.75, 3.05) is 0 Å². The van der Waals surface area contributed by atoms with Crippen molar-refractivity contribution in [2.45, 2.75) is 0 Å². The maximum Gasteiger partial charge on any atom is 0.348 e. The van der Waals surface area contributed by atoms with Crippen molar-refractivity contribution in [1.29, 1.82) is 0 Å². The maximum absolute atomic E-state index is 11.3. The second-order valence-corrected chi connectivity index (χ2v) is 3.81. The van der Waals surface area contributed by atoms with Crippen molar-refractivity contribution in [2.24, 2.45) is 0 Å². The Morgan fingerprint density at radius 1 is 1.31 bits per heavy atom. The predicted molar refractivity (Wildman–Crippen MR) is 59.3 cm³/mol. The number of phenols is 1. The lowest BCUT2D eigenvalue weighted by Crippen LogP contribution is -2.09. The highest BCUT2D eigenvalue weighted by atomic mass is 35.5. The highest BCUT2D eigenvalue weighted by Gasteiger charge is 2.12. The number of benzene rings is 1. The van der Waals surface area contributed by atoms with Crippen LogP contribution in [0.5, 0.6) is 5.75 Å². The highest BCUT2D eigenvalue weighted by Crippen LogP contribution is 2.28. The van der Waals surface area contributed by atoms with E-state index in [1.165, 1.54) is 18.2 Å². The molecule has 4 nitrogen and oxygen atoms in total. The molecule has 0 bridgehead atoms. The van der Waals surface area contributed by atoms with Gasteiger partial charge in [0.25, 0.3) is 5.24 Å². The van der Waals surface area contributed by atoms with E-state index in [9.17, 15) is 14.7 Å². The fraction of sp³-hybridized carbons (Fsp3) is 0. The summed E-state index contributed by atoms with van der Waals surface area (Å²) in [6.07, 6.45) is 0. The van der Waals surface area contributed by atoms with Crippen LogP contribution in [0.1, 0.15) is 10.4 Å². The van der Waals surface area contributed by atoms with Crippen molar-refractivity contribution in [1.82, 2.24) is 0 Å². The van der Waals surface area contributed by atoms with E-state index >= 15 is 0 Å². The van der Waals surface area contributed by atoms with E-state index < -0.39 is 10.9 Å². The number of carbonyl (C=O) groups is 1. The van der Waals surface area contributed by atoms with Gasteiger partial charge in [-0.15, -0.1) is 0 Å². The van der Waals surface area contributed by atoms with E-state index in [0.717, 1.165) is 0 Å². The average molecular weight is 259 g/mol. The summed E-state index contributed by atoms with van der Waals surface area (Å²) in [5.74, 6) is -0.206. The van der Waals surface area contributed by atoms with Crippen LogP contribution in [0.3, 0.4) is 0 Å². The molecule has 1 aromatic heterocycles. The zero-order valence-electron chi connectivity index (χ0n) is 7.66. The Labute approximate surface area is 99.0 Å². The van der Waals surface area contributed by atoms with Gasteiger partial charge in [-0.25, -0.2) is 4.79 Å². The fourth-order valence-electron chi connectivity index (χ4n) is 1.27. The highest BCUT2D eigenvalue weighted by molar-refractivity contribution is 6.67. The molecule has 0 unspecified atom stereocenters. The lowest BCUT2D eigenvalue weighted by atomic mass is 10.2. The smallest absolute Gasteiger partial charge is 0.348 e. The van der Waals surface area contributed by atoms with Crippen molar-refractivity contribution >= 4 is 39.4 Å². The van der Waals surface area contributed by atoms with Gasteiger partial charge in [0.15, 0.2) is 0 Å². The first kappa shape index (κ1) is 11.0. The summed E-state index contributed by atoms with van der Waals surface area (Å²) >= 11 is 10.9. The summed E-state index contributed by atoms with van der Waals surface area (Å²) in [6.45, 7) is 0. The predicted octanol–water partition coefficient (Wildman–Crippen LogP) is 2.53. The van der Waals surface area contributed by atoms with E-state index in [1.807, 2.05) is 0 Å². The first-order chi connectivity index (χ1) is 7.49. The molecule has 0 saturated carbocycles. The zero-order valence-corrected chi connectivity index (χ0v) is 9.17. The monoisotopic (exact) mass is 258 g/mol. The summed E-state index contributed by atoms with van der Waals surface area (Å²) in [7, 11) is 0. The third-order valence-corrected chi connectivity index (χ3v) is 2.52. The van der Waals surface area contributed by atoms with Gasteiger partial charge in [-0.1, -0.05) is 11.6 Å². The summed E-state index contributed by atoms with van der Waals surface area (Å²) in [4.78, 5) is 22.2. The number of hydrogen-bond donors (Lipinski definition) is 1. The minimum atomic E-state index is -0.903. The Morgan fingerprint density at radius 2 is 2.00 bits per heavy atom. The van der Waals surface area contributed by atoms with Crippen molar-refractivity contribution in [3.05, 3.63) is 39.2 Å². The quantitative estimate of drug-likeness (QED) is 0.631. The summed E-state index contributed by atoms with van der Waals surface area (Å²) < 4.78 is 4.81. The normalized spacial score (nSPS) is 10.6. The lowest BCUT2D eigenvalue weighted by molar-refractivity contribution is 0.107. The van der Waals surface area contributed by atoms with E-state index in [-0.39, 0.29) is 21.9 Å². The molecule has 1 heterocycles. The molecule has 0 saturated heterocycles. The fourth-order valence-corrected chi connectivity index (χ4v) is 1.57. The molecule has 2 rings (SSSR count). The maximum atomic E-state index is 11.3. The van der Waals surface area contributed by atoms with Gasteiger partial charge in [-0.05, 0) is 23.7 Å². The third-order valence-electron chi connectivity index (χ3n) is 2.01. The van der Waals surface area contributed by atoms with Gasteiger partial charge in [-0.2, -0.15) is 0 Å². The molecule has 0 aliphatic rings. The topological polar surface area (TPSA) is 67.5 Å². The van der Waals surface area contributed by atoms with Gasteiger partial charge in [0, 0.05) is 11.5 Å². The molecule has 0 radical (unpaired) electrons. The molecular formula is C10H4Cl2O4. The van der Waals surface area contributed by atoms with Gasteiger partial charge in [0.2, 0.25) is 0 Å². The number of fused-ring (bicyclic) bond motifs is 1. The lowest BCUT2D eigenvalue weighted by Gasteiger charge is -2.01. The Morgan fingerprint density at radius 3 is 2.62 bits per heavy atom. The molecule has 0 aliphatic carbocycles. The molecule has 1 N–H and O–H groups in total. The van der Waals surface area contributed by atoms with Crippen LogP contribution < -0.4 is 5.63 Å². The molecule has 0 amide bonds. The molecule has 0 aliphatic heterocycles. The zero-order chi connectivity index (χ0) is 11.9. The molecule has 6 heteroatoms. The first-order valence-electron chi connectivity index (χ1n) is 4.15. The second-order valence-electron chi connectivity index (χ2n) is 3.06. The number of aromatic hydroxyl groups is 1. The molecule has 0 atom stereocenters. The van der Waals surface area contributed by atoms with Crippen LogP contribution in [-0.4, -0.2) is 10.3 Å².